The summed E-state index contributed by atoms with van der Waals surface area (Å²) in [5, 5.41) is 17.6. The van der Waals surface area contributed by atoms with Gasteiger partial charge in [0.05, 0.1) is 7.11 Å². The second kappa shape index (κ2) is 5.85. The van der Waals surface area contributed by atoms with Crippen molar-refractivity contribution in [1.82, 2.24) is 0 Å². The molecule has 4 heteroatoms. The number of benzene rings is 1. The summed E-state index contributed by atoms with van der Waals surface area (Å²) in [5.41, 5.74) is 0.990. The first-order valence-electron chi connectivity index (χ1n) is 4.49. The average molecular weight is 230 g/mol. The monoisotopic (exact) mass is 230 g/mol. The van der Waals surface area contributed by atoms with E-state index < -0.39 is 0 Å². The van der Waals surface area contributed by atoms with Gasteiger partial charge in [-0.25, -0.2) is 0 Å². The second-order valence-electron chi connectivity index (χ2n) is 2.86. The van der Waals surface area contributed by atoms with Crippen molar-refractivity contribution in [2.24, 2.45) is 0 Å². The third kappa shape index (κ3) is 2.56. The van der Waals surface area contributed by atoms with Crippen LogP contribution in [0, 0.1) is 22.7 Å². The van der Waals surface area contributed by atoms with Crippen LogP contribution in [-0.4, -0.2) is 13.4 Å². The van der Waals surface area contributed by atoms with Gasteiger partial charge in [-0.05, 0) is 24.0 Å². The molecular weight excluding hydrogens is 220 g/mol. The van der Waals surface area contributed by atoms with Gasteiger partial charge in [0.1, 0.15) is 23.5 Å². The van der Waals surface area contributed by atoms with E-state index >= 15 is 0 Å². The zero-order valence-electron chi connectivity index (χ0n) is 9.02. The van der Waals surface area contributed by atoms with Crippen molar-refractivity contribution in [1.29, 1.82) is 10.5 Å². The maximum atomic E-state index is 8.82. The summed E-state index contributed by atoms with van der Waals surface area (Å²) in [7, 11) is 1.59. The van der Waals surface area contributed by atoms with Crippen LogP contribution < -0.4 is 4.74 Å². The molecule has 80 valence electrons. The third-order valence-electron chi connectivity index (χ3n) is 2.01. The predicted molar refractivity (Wildman–Crippen MR) is 64.7 cm³/mol. The number of methoxy groups -OCH3 is 1. The topological polar surface area (TPSA) is 56.8 Å². The zero-order valence-corrected chi connectivity index (χ0v) is 9.84. The fourth-order valence-electron chi connectivity index (χ4n) is 1.23. The van der Waals surface area contributed by atoms with E-state index in [0.29, 0.717) is 4.91 Å². The molecule has 0 spiro atoms. The predicted octanol–water partition coefficient (Wildman–Crippen LogP) is 2.82. The van der Waals surface area contributed by atoms with Gasteiger partial charge in [-0.1, -0.05) is 12.1 Å². The molecule has 0 fully saturated rings. The minimum Gasteiger partial charge on any atom is -0.497 e. The minimum absolute atomic E-state index is 0.137. The van der Waals surface area contributed by atoms with Gasteiger partial charge >= 0.3 is 0 Å². The first-order valence-corrected chi connectivity index (χ1v) is 5.72. The van der Waals surface area contributed by atoms with Crippen molar-refractivity contribution < 1.29 is 4.74 Å². The highest BCUT2D eigenvalue weighted by atomic mass is 32.2. The van der Waals surface area contributed by atoms with Gasteiger partial charge in [0.15, 0.2) is 0 Å². The molecule has 3 nitrogen and oxygen atoms in total. The Morgan fingerprint density at radius 2 is 1.75 bits per heavy atom. The molecule has 1 aromatic carbocycles. The zero-order chi connectivity index (χ0) is 12.0. The van der Waals surface area contributed by atoms with Gasteiger partial charge in [0, 0.05) is 4.91 Å². The van der Waals surface area contributed by atoms with Gasteiger partial charge < -0.3 is 4.74 Å². The summed E-state index contributed by atoms with van der Waals surface area (Å²) in [6.07, 6.45) is 1.84. The molecule has 0 aliphatic heterocycles. The molecule has 0 heterocycles. The number of rotatable bonds is 3. The molecule has 0 amide bonds. The lowest BCUT2D eigenvalue weighted by Crippen LogP contribution is -1.87. The third-order valence-corrected chi connectivity index (χ3v) is 2.86. The maximum absolute atomic E-state index is 8.82. The summed E-state index contributed by atoms with van der Waals surface area (Å²) in [4.78, 5) is 0.688. The lowest BCUT2D eigenvalue weighted by Gasteiger charge is -2.05. The van der Waals surface area contributed by atoms with Crippen LogP contribution in [0.1, 0.15) is 5.56 Å². The van der Waals surface area contributed by atoms with E-state index in [-0.39, 0.29) is 5.57 Å². The molecule has 0 aliphatic rings. The number of ether oxygens (including phenoxy) is 1. The van der Waals surface area contributed by atoms with E-state index in [1.54, 1.807) is 19.2 Å². The van der Waals surface area contributed by atoms with E-state index in [1.165, 1.54) is 11.8 Å². The van der Waals surface area contributed by atoms with Gasteiger partial charge in [0.25, 0.3) is 0 Å². The fraction of sp³-hybridized carbons (Fsp3) is 0.167. The van der Waals surface area contributed by atoms with Crippen LogP contribution in [0.5, 0.6) is 5.75 Å². The fourth-order valence-corrected chi connectivity index (χ4v) is 1.90. The molecule has 0 N–H and O–H groups in total. The number of hydrogen-bond acceptors (Lipinski definition) is 4. The quantitative estimate of drug-likeness (QED) is 0.749. The Hall–Kier alpha value is -1.91. The Balaban J connectivity index is 3.21. The highest BCUT2D eigenvalue weighted by Gasteiger charge is 2.07. The molecule has 0 radical (unpaired) electrons. The van der Waals surface area contributed by atoms with E-state index in [9.17, 15) is 0 Å². The number of hydrogen-bond donors (Lipinski definition) is 0. The maximum Gasteiger partial charge on any atom is 0.143 e. The average Bonchev–Trinajstić information content (AvgIpc) is 2.36. The molecule has 0 unspecified atom stereocenters. The first kappa shape index (κ1) is 12.2. The van der Waals surface area contributed by atoms with Crippen LogP contribution in [0.3, 0.4) is 0 Å². The standard InChI is InChI=1S/C12H10N2OS/c1-15-11-5-3-9(4-6-11)12(16-2)10(7-13)8-14/h3-6H,1-2H3. The Morgan fingerprint density at radius 3 is 2.12 bits per heavy atom. The first-order chi connectivity index (χ1) is 7.76. The van der Waals surface area contributed by atoms with Crippen molar-refractivity contribution in [2.45, 2.75) is 0 Å². The number of nitrogens with zero attached hydrogens (tertiary/aromatic N) is 2. The van der Waals surface area contributed by atoms with E-state index in [0.717, 1.165) is 11.3 Å². The summed E-state index contributed by atoms with van der Waals surface area (Å²) in [6.45, 7) is 0. The lowest BCUT2D eigenvalue weighted by atomic mass is 10.1. The summed E-state index contributed by atoms with van der Waals surface area (Å²) < 4.78 is 5.04. The Kier molecular flexibility index (Phi) is 4.44. The van der Waals surface area contributed by atoms with Crippen LogP contribution in [0.25, 0.3) is 4.91 Å². The van der Waals surface area contributed by atoms with Crippen LogP contribution in [0.15, 0.2) is 29.8 Å². The molecule has 1 rings (SSSR count). The summed E-state index contributed by atoms with van der Waals surface area (Å²) in [6, 6.07) is 11.1. The summed E-state index contributed by atoms with van der Waals surface area (Å²) in [5.74, 6) is 0.750. The Morgan fingerprint density at radius 1 is 1.19 bits per heavy atom. The number of thioether (sulfide) groups is 1. The van der Waals surface area contributed by atoms with Crippen molar-refractivity contribution in [3.63, 3.8) is 0 Å². The Labute approximate surface area is 99.0 Å². The van der Waals surface area contributed by atoms with Crippen molar-refractivity contribution in [3.05, 3.63) is 35.4 Å². The van der Waals surface area contributed by atoms with Crippen molar-refractivity contribution >= 4 is 16.7 Å². The molecule has 1 aromatic rings. The largest absolute Gasteiger partial charge is 0.497 e. The van der Waals surface area contributed by atoms with Gasteiger partial charge in [0.2, 0.25) is 0 Å². The van der Waals surface area contributed by atoms with Crippen LogP contribution >= 0.6 is 11.8 Å². The smallest absolute Gasteiger partial charge is 0.143 e. The van der Waals surface area contributed by atoms with Gasteiger partial charge in [-0.15, -0.1) is 11.8 Å². The highest BCUT2D eigenvalue weighted by molar-refractivity contribution is 8.07. The van der Waals surface area contributed by atoms with E-state index in [2.05, 4.69) is 0 Å². The van der Waals surface area contributed by atoms with E-state index in [4.69, 9.17) is 15.3 Å². The molecule has 16 heavy (non-hydrogen) atoms. The molecular formula is C12H10N2OS. The molecule has 0 bridgehead atoms. The lowest BCUT2D eigenvalue weighted by molar-refractivity contribution is 0.415. The number of nitriles is 2. The molecule has 0 saturated carbocycles. The second-order valence-corrected chi connectivity index (χ2v) is 3.68. The molecule has 0 atom stereocenters. The minimum atomic E-state index is 0.137. The molecule has 0 aromatic heterocycles. The Bertz CT molecular complexity index is 461. The molecule has 0 aliphatic carbocycles. The highest BCUT2D eigenvalue weighted by Crippen LogP contribution is 2.29. The molecule has 0 saturated heterocycles. The normalized spacial score (nSPS) is 8.75. The van der Waals surface area contributed by atoms with Crippen LogP contribution in [-0.2, 0) is 0 Å². The van der Waals surface area contributed by atoms with Gasteiger partial charge in [-0.3, -0.25) is 0 Å². The van der Waals surface area contributed by atoms with E-state index in [1.807, 2.05) is 30.5 Å². The van der Waals surface area contributed by atoms with Crippen molar-refractivity contribution in [2.75, 3.05) is 13.4 Å². The number of allylic oxidation sites excluding steroid dienone is 1. The van der Waals surface area contributed by atoms with Gasteiger partial charge in [-0.2, -0.15) is 10.5 Å². The van der Waals surface area contributed by atoms with Crippen molar-refractivity contribution in [3.8, 4) is 17.9 Å². The van der Waals surface area contributed by atoms with Crippen LogP contribution in [0.4, 0.5) is 0 Å². The SMILES string of the molecule is COc1ccc(C(SC)=C(C#N)C#N)cc1. The summed E-state index contributed by atoms with van der Waals surface area (Å²) >= 11 is 1.39. The van der Waals surface area contributed by atoms with Crippen LogP contribution in [0.2, 0.25) is 0 Å².